The Morgan fingerprint density at radius 2 is 1.67 bits per heavy atom. The Morgan fingerprint density at radius 3 is 2.29 bits per heavy atom. The molecule has 0 unspecified atom stereocenters. The highest BCUT2D eigenvalue weighted by Gasteiger charge is 2.26. The molecule has 1 aromatic rings. The Labute approximate surface area is 127 Å². The molecular weight excluding hydrogens is 262 g/mol. The van der Waals surface area contributed by atoms with Crippen LogP contribution >= 0.6 is 0 Å². The predicted octanol–water partition coefficient (Wildman–Crippen LogP) is 1.43. The van der Waals surface area contributed by atoms with Crippen LogP contribution in [0.25, 0.3) is 0 Å². The second kappa shape index (κ2) is 7.18. The summed E-state index contributed by atoms with van der Waals surface area (Å²) in [7, 11) is 0. The van der Waals surface area contributed by atoms with Gasteiger partial charge in [-0.1, -0.05) is 6.42 Å². The zero-order valence-electron chi connectivity index (χ0n) is 12.9. The lowest BCUT2D eigenvalue weighted by atomic mass is 10.0. The molecule has 3 heterocycles. The van der Waals surface area contributed by atoms with Crippen molar-refractivity contribution in [3.8, 4) is 0 Å². The van der Waals surface area contributed by atoms with Crippen molar-refractivity contribution in [2.24, 2.45) is 5.73 Å². The van der Waals surface area contributed by atoms with E-state index in [-0.39, 0.29) is 0 Å². The van der Waals surface area contributed by atoms with Crippen LogP contribution in [0.5, 0.6) is 0 Å². The summed E-state index contributed by atoms with van der Waals surface area (Å²) in [4.78, 5) is 14.0. The molecule has 3 rings (SSSR count). The van der Waals surface area contributed by atoms with Crippen molar-refractivity contribution in [3.63, 3.8) is 0 Å². The van der Waals surface area contributed by atoms with Crippen LogP contribution in [0.4, 0.5) is 5.95 Å². The molecule has 2 aliphatic heterocycles. The number of piperidine rings is 2. The number of nitrogens with two attached hydrogens (primary N) is 1. The van der Waals surface area contributed by atoms with E-state index in [1.807, 2.05) is 12.4 Å². The fourth-order valence-electron chi connectivity index (χ4n) is 3.52. The molecule has 0 aliphatic carbocycles. The lowest BCUT2D eigenvalue weighted by Gasteiger charge is -2.40. The van der Waals surface area contributed by atoms with E-state index in [2.05, 4.69) is 19.8 Å². The van der Waals surface area contributed by atoms with Gasteiger partial charge in [0.15, 0.2) is 0 Å². The summed E-state index contributed by atoms with van der Waals surface area (Å²) in [5.74, 6) is 0.882. The van der Waals surface area contributed by atoms with Gasteiger partial charge in [-0.3, -0.25) is 0 Å². The standard InChI is InChI=1S/C16H27N5/c17-7-4-14-12-18-16(19-13-14)21-10-5-15(6-11-21)20-8-2-1-3-9-20/h12-13,15H,1-11,17H2. The molecule has 5 heteroatoms. The number of hydrogen-bond acceptors (Lipinski definition) is 5. The fraction of sp³-hybridized carbons (Fsp3) is 0.750. The normalized spacial score (nSPS) is 21.7. The number of hydrogen-bond donors (Lipinski definition) is 1. The van der Waals surface area contributed by atoms with Gasteiger partial charge in [0.25, 0.3) is 0 Å². The number of rotatable bonds is 4. The molecule has 1 aromatic heterocycles. The van der Waals surface area contributed by atoms with Crippen LogP contribution in [-0.4, -0.2) is 53.6 Å². The molecular formula is C16H27N5. The van der Waals surface area contributed by atoms with Crippen molar-refractivity contribution >= 4 is 5.95 Å². The van der Waals surface area contributed by atoms with E-state index >= 15 is 0 Å². The topological polar surface area (TPSA) is 58.3 Å². The van der Waals surface area contributed by atoms with Gasteiger partial charge in [0, 0.05) is 31.5 Å². The molecule has 2 aliphatic rings. The average Bonchev–Trinajstić information content (AvgIpc) is 2.57. The van der Waals surface area contributed by atoms with Crippen molar-refractivity contribution in [1.82, 2.24) is 14.9 Å². The monoisotopic (exact) mass is 289 g/mol. The van der Waals surface area contributed by atoms with Gasteiger partial charge in [0.1, 0.15) is 0 Å². The highest BCUT2D eigenvalue weighted by Crippen LogP contribution is 2.22. The quantitative estimate of drug-likeness (QED) is 0.909. The molecule has 2 saturated heterocycles. The Kier molecular flexibility index (Phi) is 5.04. The maximum absolute atomic E-state index is 5.56. The van der Waals surface area contributed by atoms with E-state index in [1.165, 1.54) is 45.2 Å². The van der Waals surface area contributed by atoms with Gasteiger partial charge in [-0.25, -0.2) is 9.97 Å². The fourth-order valence-corrected chi connectivity index (χ4v) is 3.52. The molecule has 0 saturated carbocycles. The summed E-state index contributed by atoms with van der Waals surface area (Å²) in [6.07, 6.45) is 11.4. The van der Waals surface area contributed by atoms with Gasteiger partial charge in [0.2, 0.25) is 5.95 Å². The Balaban J connectivity index is 1.52. The second-order valence-corrected chi connectivity index (χ2v) is 6.24. The van der Waals surface area contributed by atoms with E-state index in [0.717, 1.165) is 37.1 Å². The number of aromatic nitrogens is 2. The first kappa shape index (κ1) is 14.7. The molecule has 116 valence electrons. The maximum Gasteiger partial charge on any atom is 0.225 e. The third-order valence-electron chi connectivity index (χ3n) is 4.78. The molecule has 0 amide bonds. The Morgan fingerprint density at radius 1 is 1.00 bits per heavy atom. The molecule has 0 atom stereocenters. The first-order valence-corrected chi connectivity index (χ1v) is 8.37. The molecule has 2 fully saturated rings. The average molecular weight is 289 g/mol. The maximum atomic E-state index is 5.56. The van der Waals surface area contributed by atoms with Crippen molar-refractivity contribution < 1.29 is 0 Å². The van der Waals surface area contributed by atoms with Crippen LogP contribution in [0.1, 0.15) is 37.7 Å². The number of nitrogens with zero attached hydrogens (tertiary/aromatic N) is 4. The summed E-state index contributed by atoms with van der Waals surface area (Å²) in [5.41, 5.74) is 6.69. The second-order valence-electron chi connectivity index (χ2n) is 6.24. The van der Waals surface area contributed by atoms with Crippen LogP contribution < -0.4 is 10.6 Å². The highest BCUT2D eigenvalue weighted by molar-refractivity contribution is 5.30. The summed E-state index contributed by atoms with van der Waals surface area (Å²) in [6, 6.07) is 0.776. The summed E-state index contributed by atoms with van der Waals surface area (Å²) in [5, 5.41) is 0. The van der Waals surface area contributed by atoms with Gasteiger partial charge >= 0.3 is 0 Å². The van der Waals surface area contributed by atoms with Crippen molar-refractivity contribution in [2.75, 3.05) is 37.6 Å². The molecule has 21 heavy (non-hydrogen) atoms. The first-order valence-electron chi connectivity index (χ1n) is 8.37. The zero-order chi connectivity index (χ0) is 14.5. The molecule has 0 radical (unpaired) electrons. The highest BCUT2D eigenvalue weighted by atomic mass is 15.3. The minimum atomic E-state index is 0.657. The van der Waals surface area contributed by atoms with E-state index < -0.39 is 0 Å². The van der Waals surface area contributed by atoms with Gasteiger partial charge in [0.05, 0.1) is 0 Å². The van der Waals surface area contributed by atoms with E-state index in [4.69, 9.17) is 5.73 Å². The predicted molar refractivity (Wildman–Crippen MR) is 85.4 cm³/mol. The van der Waals surface area contributed by atoms with Crippen molar-refractivity contribution in [2.45, 2.75) is 44.6 Å². The summed E-state index contributed by atoms with van der Waals surface area (Å²) >= 11 is 0. The van der Waals surface area contributed by atoms with Gasteiger partial charge < -0.3 is 15.5 Å². The number of likely N-dealkylation sites (tertiary alicyclic amines) is 1. The van der Waals surface area contributed by atoms with Crippen molar-refractivity contribution in [3.05, 3.63) is 18.0 Å². The third-order valence-corrected chi connectivity index (χ3v) is 4.78. The van der Waals surface area contributed by atoms with Crippen LogP contribution in [-0.2, 0) is 6.42 Å². The molecule has 0 bridgehead atoms. The molecule has 0 aromatic carbocycles. The summed E-state index contributed by atoms with van der Waals surface area (Å²) in [6.45, 7) is 5.42. The molecule has 2 N–H and O–H groups in total. The van der Waals surface area contributed by atoms with Crippen molar-refractivity contribution in [1.29, 1.82) is 0 Å². The lowest BCUT2D eigenvalue weighted by molar-refractivity contribution is 0.141. The minimum Gasteiger partial charge on any atom is -0.341 e. The van der Waals surface area contributed by atoms with E-state index in [1.54, 1.807) is 0 Å². The summed E-state index contributed by atoms with van der Waals surface area (Å²) < 4.78 is 0. The number of anilines is 1. The Bertz CT molecular complexity index is 419. The zero-order valence-corrected chi connectivity index (χ0v) is 12.9. The van der Waals surface area contributed by atoms with E-state index in [0.29, 0.717) is 6.54 Å². The molecule has 5 nitrogen and oxygen atoms in total. The van der Waals surface area contributed by atoms with Crippen LogP contribution in [0.15, 0.2) is 12.4 Å². The minimum absolute atomic E-state index is 0.657. The van der Waals surface area contributed by atoms with Crippen LogP contribution in [0, 0.1) is 0 Å². The van der Waals surface area contributed by atoms with Gasteiger partial charge in [-0.05, 0) is 57.3 Å². The SMILES string of the molecule is NCCc1cnc(N2CCC(N3CCCCC3)CC2)nc1. The van der Waals surface area contributed by atoms with E-state index in [9.17, 15) is 0 Å². The first-order chi connectivity index (χ1) is 10.4. The lowest BCUT2D eigenvalue weighted by Crippen LogP contribution is -2.47. The van der Waals surface area contributed by atoms with Gasteiger partial charge in [-0.2, -0.15) is 0 Å². The smallest absolute Gasteiger partial charge is 0.225 e. The van der Waals surface area contributed by atoms with Crippen LogP contribution in [0.2, 0.25) is 0 Å². The van der Waals surface area contributed by atoms with Gasteiger partial charge in [-0.15, -0.1) is 0 Å². The van der Waals surface area contributed by atoms with Crippen LogP contribution in [0.3, 0.4) is 0 Å². The molecule has 0 spiro atoms. The largest absolute Gasteiger partial charge is 0.341 e. The Hall–Kier alpha value is -1.20. The third kappa shape index (κ3) is 3.71.